The van der Waals surface area contributed by atoms with E-state index in [9.17, 15) is 0 Å². The Morgan fingerprint density at radius 3 is 1.67 bits per heavy atom. The first-order valence-corrected chi connectivity index (χ1v) is 9.57. The van der Waals surface area contributed by atoms with Crippen LogP contribution in [0.25, 0.3) is 0 Å². The van der Waals surface area contributed by atoms with Crippen LogP contribution in [0.1, 0.15) is 27.7 Å². The SMILES string of the molecule is CC(C)OP(=S)(OC(C)C)SBr. The van der Waals surface area contributed by atoms with Crippen LogP contribution in [0, 0.1) is 0 Å². The van der Waals surface area contributed by atoms with Crippen molar-refractivity contribution in [3.63, 3.8) is 0 Å². The van der Waals surface area contributed by atoms with Crippen molar-refractivity contribution in [2.75, 3.05) is 0 Å². The first-order chi connectivity index (χ1) is 5.39. The van der Waals surface area contributed by atoms with E-state index in [1.807, 2.05) is 27.7 Å². The Labute approximate surface area is 90.9 Å². The molecule has 6 heteroatoms. The molecule has 0 fully saturated rings. The average molecular weight is 293 g/mol. The normalized spacial score (nSPS) is 12.9. The Hall–Kier alpha value is 1.40. The fraction of sp³-hybridized carbons (Fsp3) is 1.00. The van der Waals surface area contributed by atoms with Crippen LogP contribution in [0.5, 0.6) is 0 Å². The molecule has 0 spiro atoms. The van der Waals surface area contributed by atoms with Gasteiger partial charge in [0.15, 0.2) is 0 Å². The van der Waals surface area contributed by atoms with Crippen LogP contribution in [-0.2, 0) is 20.9 Å². The zero-order chi connectivity index (χ0) is 9.78. The largest absolute Gasteiger partial charge is 0.318 e. The van der Waals surface area contributed by atoms with Gasteiger partial charge in [-0.05, 0) is 54.3 Å². The second kappa shape index (κ2) is 5.99. The van der Waals surface area contributed by atoms with Crippen molar-refractivity contribution < 1.29 is 9.05 Å². The van der Waals surface area contributed by atoms with Crippen LogP contribution in [0.2, 0.25) is 0 Å². The smallest absolute Gasteiger partial charge is 0.258 e. The van der Waals surface area contributed by atoms with Gasteiger partial charge < -0.3 is 9.05 Å². The third kappa shape index (κ3) is 5.95. The lowest BCUT2D eigenvalue weighted by atomic mass is 10.5. The van der Waals surface area contributed by atoms with Crippen molar-refractivity contribution >= 4 is 42.1 Å². The van der Waals surface area contributed by atoms with Gasteiger partial charge in [-0.2, -0.15) is 0 Å². The van der Waals surface area contributed by atoms with Crippen LogP contribution in [0.3, 0.4) is 0 Å². The highest BCUT2D eigenvalue weighted by Crippen LogP contribution is 2.65. The number of rotatable bonds is 5. The lowest BCUT2D eigenvalue weighted by Crippen LogP contribution is -2.04. The maximum Gasteiger partial charge on any atom is 0.258 e. The van der Waals surface area contributed by atoms with E-state index in [-0.39, 0.29) is 12.2 Å². The van der Waals surface area contributed by atoms with Gasteiger partial charge in [0.25, 0.3) is 5.69 Å². The van der Waals surface area contributed by atoms with Crippen LogP contribution in [-0.4, -0.2) is 12.2 Å². The Bertz CT molecular complexity index is 161. The highest BCUT2D eigenvalue weighted by molar-refractivity contribution is 9.58. The highest BCUT2D eigenvalue weighted by Gasteiger charge is 2.21. The predicted molar refractivity (Wildman–Crippen MR) is 63.2 cm³/mol. The minimum Gasteiger partial charge on any atom is -0.318 e. The van der Waals surface area contributed by atoms with E-state index in [1.54, 1.807) is 0 Å². The summed E-state index contributed by atoms with van der Waals surface area (Å²) in [5.41, 5.74) is -2.15. The van der Waals surface area contributed by atoms with Crippen LogP contribution in [0.4, 0.5) is 0 Å². The molecule has 0 atom stereocenters. The summed E-state index contributed by atoms with van der Waals surface area (Å²) in [7, 11) is 1.32. The summed E-state index contributed by atoms with van der Waals surface area (Å²) in [6, 6.07) is 0. The zero-order valence-corrected chi connectivity index (χ0v) is 11.7. The summed E-state index contributed by atoms with van der Waals surface area (Å²) in [6.07, 6.45) is 0.222. The summed E-state index contributed by atoms with van der Waals surface area (Å²) >= 11 is 8.48. The minimum absolute atomic E-state index is 0.111. The molecule has 12 heavy (non-hydrogen) atoms. The number of hydrogen-bond donors (Lipinski definition) is 0. The van der Waals surface area contributed by atoms with Gasteiger partial charge in [0.1, 0.15) is 0 Å². The van der Waals surface area contributed by atoms with Crippen molar-refractivity contribution in [2.24, 2.45) is 0 Å². The van der Waals surface area contributed by atoms with Gasteiger partial charge in [0, 0.05) is 9.82 Å². The molecule has 0 aliphatic heterocycles. The zero-order valence-electron chi connectivity index (χ0n) is 7.61. The Kier molecular flexibility index (Phi) is 6.69. The van der Waals surface area contributed by atoms with Gasteiger partial charge in [-0.15, -0.1) is 0 Å². The molecule has 0 N–H and O–H groups in total. The minimum atomic E-state index is -2.15. The van der Waals surface area contributed by atoms with Crippen molar-refractivity contribution in [2.45, 2.75) is 39.9 Å². The van der Waals surface area contributed by atoms with Crippen LogP contribution < -0.4 is 0 Å². The Balaban J connectivity index is 4.15. The van der Waals surface area contributed by atoms with Gasteiger partial charge in [-0.3, -0.25) is 0 Å². The van der Waals surface area contributed by atoms with E-state index < -0.39 is 5.69 Å². The molecule has 0 aromatic carbocycles. The van der Waals surface area contributed by atoms with Crippen molar-refractivity contribution in [1.82, 2.24) is 0 Å². The molecule has 0 aliphatic carbocycles. The molecular formula is C6H14BrO2PS2. The maximum absolute atomic E-state index is 5.52. The topological polar surface area (TPSA) is 18.5 Å². The fourth-order valence-electron chi connectivity index (χ4n) is 0.574. The van der Waals surface area contributed by atoms with Crippen molar-refractivity contribution in [1.29, 1.82) is 0 Å². The van der Waals surface area contributed by atoms with Gasteiger partial charge in [-0.1, -0.05) is 0 Å². The second-order valence-corrected chi connectivity index (χ2v) is 10.9. The van der Waals surface area contributed by atoms with E-state index >= 15 is 0 Å². The first kappa shape index (κ1) is 13.4. The molecule has 0 amide bonds. The summed E-state index contributed by atoms with van der Waals surface area (Å²) < 4.78 is 11.0. The van der Waals surface area contributed by atoms with E-state index in [1.165, 1.54) is 9.82 Å². The van der Waals surface area contributed by atoms with Crippen molar-refractivity contribution in [3.8, 4) is 0 Å². The Morgan fingerprint density at radius 1 is 1.17 bits per heavy atom. The molecule has 2 nitrogen and oxygen atoms in total. The quantitative estimate of drug-likeness (QED) is 0.710. The summed E-state index contributed by atoms with van der Waals surface area (Å²) in [5, 5.41) is 0. The predicted octanol–water partition coefficient (Wildman–Crippen LogP) is 4.10. The molecule has 0 unspecified atom stereocenters. The molecule has 0 aliphatic rings. The summed E-state index contributed by atoms with van der Waals surface area (Å²) in [5.74, 6) is 0. The van der Waals surface area contributed by atoms with Gasteiger partial charge in [0.05, 0.1) is 12.2 Å². The number of hydrogen-bond acceptors (Lipinski definition) is 4. The lowest BCUT2D eigenvalue weighted by molar-refractivity contribution is 0.186. The summed E-state index contributed by atoms with van der Waals surface area (Å²) in [6.45, 7) is 7.81. The third-order valence-corrected chi connectivity index (χ3v) is 9.66. The molecule has 74 valence electrons. The molecule has 0 heterocycles. The standard InChI is InChI=1S/C6H14BrO2PS2/c1-5(2)8-10(11,12-7)9-6(3)4/h5-6H,1-4H3. The maximum atomic E-state index is 5.52. The summed E-state index contributed by atoms with van der Waals surface area (Å²) in [4.78, 5) is 0. The average Bonchev–Trinajstić information content (AvgIpc) is 1.83. The van der Waals surface area contributed by atoms with E-state index in [4.69, 9.17) is 20.9 Å². The first-order valence-electron chi connectivity index (χ1n) is 3.67. The molecule has 0 saturated heterocycles. The third-order valence-electron chi connectivity index (χ3n) is 0.764. The highest BCUT2D eigenvalue weighted by atomic mass is 79.9. The monoisotopic (exact) mass is 292 g/mol. The van der Waals surface area contributed by atoms with E-state index in [2.05, 4.69) is 14.8 Å². The van der Waals surface area contributed by atoms with Crippen LogP contribution >= 0.6 is 30.3 Å². The van der Waals surface area contributed by atoms with E-state index in [0.29, 0.717) is 0 Å². The molecule has 0 rings (SSSR count). The number of halogens is 1. The second-order valence-electron chi connectivity index (χ2n) is 2.82. The molecule has 0 aromatic heterocycles. The molecule has 0 saturated carbocycles. The van der Waals surface area contributed by atoms with Crippen molar-refractivity contribution in [3.05, 3.63) is 0 Å². The Morgan fingerprint density at radius 2 is 1.50 bits per heavy atom. The van der Waals surface area contributed by atoms with Gasteiger partial charge >= 0.3 is 0 Å². The molecule has 0 bridgehead atoms. The van der Waals surface area contributed by atoms with Crippen LogP contribution in [0.15, 0.2) is 0 Å². The molecule has 0 radical (unpaired) electrons. The van der Waals surface area contributed by atoms with Gasteiger partial charge in [-0.25, -0.2) is 0 Å². The lowest BCUT2D eigenvalue weighted by Gasteiger charge is -2.22. The fourth-order valence-corrected chi connectivity index (χ4v) is 5.21. The molecule has 0 aromatic rings. The molecular weight excluding hydrogens is 279 g/mol. The van der Waals surface area contributed by atoms with Gasteiger partial charge in [0.2, 0.25) is 0 Å². The van der Waals surface area contributed by atoms with E-state index in [0.717, 1.165) is 0 Å².